The fourth-order valence-corrected chi connectivity index (χ4v) is 0.865. The summed E-state index contributed by atoms with van der Waals surface area (Å²) in [7, 11) is 1.26. The van der Waals surface area contributed by atoms with Crippen LogP contribution in [0.15, 0.2) is 0 Å². The van der Waals surface area contributed by atoms with Crippen LogP contribution in [0.5, 0.6) is 0 Å². The fourth-order valence-electron chi connectivity index (χ4n) is 0.747. The zero-order valence-electron chi connectivity index (χ0n) is 7.26. The van der Waals surface area contributed by atoms with Gasteiger partial charge in [0.2, 0.25) is 0 Å². The highest BCUT2D eigenvalue weighted by molar-refractivity contribution is 6.63. The molecule has 0 aromatic rings. The Labute approximate surface area is 76.2 Å². The smallest absolute Gasteiger partial charge is 0.328 e. The van der Waals surface area contributed by atoms with Gasteiger partial charge in [0.1, 0.15) is 6.04 Å². The molecule has 0 radical (unpaired) electrons. The molecule has 0 aromatic carbocycles. The van der Waals surface area contributed by atoms with Crippen molar-refractivity contribution in [1.29, 1.82) is 0 Å². The zero-order chi connectivity index (χ0) is 9.72. The van der Waals surface area contributed by atoms with E-state index in [0.717, 1.165) is 0 Å². The van der Waals surface area contributed by atoms with E-state index >= 15 is 0 Å². The maximum absolute atomic E-state index is 11.0. The fraction of sp³-hybridized carbons (Fsp3) is 0.714. The van der Waals surface area contributed by atoms with Crippen molar-refractivity contribution in [3.63, 3.8) is 0 Å². The maximum Gasteiger partial charge on any atom is 0.328 e. The van der Waals surface area contributed by atoms with Crippen molar-refractivity contribution in [2.45, 2.75) is 19.9 Å². The molecule has 0 spiro atoms. The molecule has 4 nitrogen and oxygen atoms in total. The number of hydrogen-bond acceptors (Lipinski definition) is 3. The van der Waals surface area contributed by atoms with Gasteiger partial charge in [-0.25, -0.2) is 4.79 Å². The summed E-state index contributed by atoms with van der Waals surface area (Å²) in [5.41, 5.74) is 0. The van der Waals surface area contributed by atoms with Crippen LogP contribution in [0.3, 0.4) is 0 Å². The van der Waals surface area contributed by atoms with E-state index in [1.807, 2.05) is 0 Å². The van der Waals surface area contributed by atoms with E-state index in [-0.39, 0.29) is 5.92 Å². The number of rotatable bonds is 3. The number of esters is 1. The van der Waals surface area contributed by atoms with Gasteiger partial charge in [0.05, 0.1) is 7.11 Å². The Morgan fingerprint density at radius 2 is 1.92 bits per heavy atom. The number of halogens is 1. The van der Waals surface area contributed by atoms with Crippen molar-refractivity contribution in [1.82, 2.24) is 5.32 Å². The molecule has 1 unspecified atom stereocenters. The van der Waals surface area contributed by atoms with Crippen molar-refractivity contribution in [2.24, 2.45) is 5.92 Å². The molecule has 1 atom stereocenters. The van der Waals surface area contributed by atoms with Crippen LogP contribution in [0.4, 0.5) is 4.79 Å². The Morgan fingerprint density at radius 1 is 1.42 bits per heavy atom. The summed E-state index contributed by atoms with van der Waals surface area (Å²) in [6.07, 6.45) is 0. The summed E-state index contributed by atoms with van der Waals surface area (Å²) in [4.78, 5) is 21.4. The lowest BCUT2D eigenvalue weighted by molar-refractivity contribution is -0.143. The van der Waals surface area contributed by atoms with Crippen molar-refractivity contribution >= 4 is 22.9 Å². The van der Waals surface area contributed by atoms with Crippen LogP contribution >= 0.6 is 11.6 Å². The molecule has 5 heteroatoms. The first kappa shape index (κ1) is 11.2. The van der Waals surface area contributed by atoms with Gasteiger partial charge in [-0.05, 0) is 17.5 Å². The molecule has 0 aliphatic carbocycles. The normalized spacial score (nSPS) is 12.4. The van der Waals surface area contributed by atoms with Crippen LogP contribution in [0.2, 0.25) is 0 Å². The number of amides is 1. The summed E-state index contributed by atoms with van der Waals surface area (Å²) >= 11 is 5.06. The molecule has 1 amide bonds. The van der Waals surface area contributed by atoms with E-state index in [9.17, 15) is 9.59 Å². The number of ether oxygens (including phenoxy) is 1. The van der Waals surface area contributed by atoms with Crippen molar-refractivity contribution in [3.8, 4) is 0 Å². The Balaban J connectivity index is 4.23. The third-order valence-electron chi connectivity index (χ3n) is 1.39. The number of carbonyl (C=O) groups excluding carboxylic acids is 2. The molecular formula is C7H12ClNO3. The van der Waals surface area contributed by atoms with E-state index in [2.05, 4.69) is 10.1 Å². The number of nitrogens with one attached hydrogen (secondary N) is 1. The highest BCUT2D eigenvalue weighted by Crippen LogP contribution is 2.03. The molecule has 0 aliphatic rings. The van der Waals surface area contributed by atoms with Gasteiger partial charge in [-0.1, -0.05) is 13.8 Å². The average molecular weight is 194 g/mol. The molecule has 0 heterocycles. The predicted octanol–water partition coefficient (Wildman–Crippen LogP) is 1.13. The largest absolute Gasteiger partial charge is 0.467 e. The van der Waals surface area contributed by atoms with Gasteiger partial charge in [-0.2, -0.15) is 0 Å². The number of hydrogen-bond donors (Lipinski definition) is 1. The van der Waals surface area contributed by atoms with Gasteiger partial charge < -0.3 is 10.1 Å². The topological polar surface area (TPSA) is 55.4 Å². The van der Waals surface area contributed by atoms with Gasteiger partial charge in [0.25, 0.3) is 0 Å². The minimum absolute atomic E-state index is 0.0415. The average Bonchev–Trinajstić information content (AvgIpc) is 1.98. The van der Waals surface area contributed by atoms with Crippen molar-refractivity contribution in [3.05, 3.63) is 0 Å². The van der Waals surface area contributed by atoms with Crippen molar-refractivity contribution < 1.29 is 14.3 Å². The maximum atomic E-state index is 11.0. The molecule has 0 saturated carbocycles. The first-order chi connectivity index (χ1) is 5.49. The Bertz CT molecular complexity index is 181. The van der Waals surface area contributed by atoms with Gasteiger partial charge in [-0.15, -0.1) is 0 Å². The quantitative estimate of drug-likeness (QED) is 0.415. The second-order valence-electron chi connectivity index (χ2n) is 2.66. The molecule has 0 saturated heterocycles. The van der Waals surface area contributed by atoms with E-state index in [1.165, 1.54) is 7.11 Å². The first-order valence-corrected chi connectivity index (χ1v) is 3.90. The van der Waals surface area contributed by atoms with Gasteiger partial charge >= 0.3 is 11.3 Å². The Morgan fingerprint density at radius 3 is 2.17 bits per heavy atom. The molecular weight excluding hydrogens is 182 g/mol. The van der Waals surface area contributed by atoms with E-state index in [0.29, 0.717) is 0 Å². The van der Waals surface area contributed by atoms with E-state index < -0.39 is 17.4 Å². The third kappa shape index (κ3) is 3.57. The summed E-state index contributed by atoms with van der Waals surface area (Å²) in [6.45, 7) is 3.57. The van der Waals surface area contributed by atoms with Crippen LogP contribution in [0.1, 0.15) is 13.8 Å². The third-order valence-corrected chi connectivity index (χ3v) is 1.50. The Hall–Kier alpha value is -0.770. The molecule has 1 N–H and O–H groups in total. The lowest BCUT2D eigenvalue weighted by Crippen LogP contribution is -2.42. The highest BCUT2D eigenvalue weighted by Gasteiger charge is 2.23. The lowest BCUT2D eigenvalue weighted by atomic mass is 10.1. The van der Waals surface area contributed by atoms with Gasteiger partial charge in [-0.3, -0.25) is 4.79 Å². The highest BCUT2D eigenvalue weighted by atomic mass is 35.5. The standard InChI is InChI=1S/C7H12ClNO3/c1-4(2)5(6(10)12-3)9-7(8)11/h4-5H,1-3H3,(H,9,11). The zero-order valence-corrected chi connectivity index (χ0v) is 8.01. The first-order valence-electron chi connectivity index (χ1n) is 3.52. The van der Waals surface area contributed by atoms with E-state index in [4.69, 9.17) is 11.6 Å². The van der Waals surface area contributed by atoms with Crippen LogP contribution in [-0.4, -0.2) is 24.5 Å². The molecule has 0 bridgehead atoms. The molecule has 0 aromatic heterocycles. The second kappa shape index (κ2) is 4.98. The van der Waals surface area contributed by atoms with Crippen LogP contribution in [0.25, 0.3) is 0 Å². The summed E-state index contributed by atoms with van der Waals surface area (Å²) < 4.78 is 4.46. The molecule has 0 aliphatic heterocycles. The van der Waals surface area contributed by atoms with Gasteiger partial charge in [0, 0.05) is 0 Å². The lowest BCUT2D eigenvalue weighted by Gasteiger charge is -2.17. The van der Waals surface area contributed by atoms with Crippen LogP contribution < -0.4 is 5.32 Å². The summed E-state index contributed by atoms with van der Waals surface area (Å²) in [6, 6.07) is -0.667. The van der Waals surface area contributed by atoms with Gasteiger partial charge in [0.15, 0.2) is 0 Å². The molecule has 12 heavy (non-hydrogen) atoms. The minimum Gasteiger partial charge on any atom is -0.467 e. The SMILES string of the molecule is COC(=O)C(NC(=O)Cl)C(C)C. The second-order valence-corrected chi connectivity index (χ2v) is 3.01. The monoisotopic (exact) mass is 193 g/mol. The molecule has 0 fully saturated rings. The number of carbonyl (C=O) groups is 2. The predicted molar refractivity (Wildman–Crippen MR) is 45.0 cm³/mol. The number of methoxy groups -OCH3 is 1. The summed E-state index contributed by atoms with van der Waals surface area (Å²) in [5, 5.41) is 1.53. The minimum atomic E-state index is -0.751. The molecule has 0 rings (SSSR count). The van der Waals surface area contributed by atoms with Crippen LogP contribution in [-0.2, 0) is 9.53 Å². The molecule has 70 valence electrons. The van der Waals surface area contributed by atoms with Crippen LogP contribution in [0, 0.1) is 5.92 Å². The Kier molecular flexibility index (Phi) is 4.66. The van der Waals surface area contributed by atoms with Crippen molar-refractivity contribution in [2.75, 3.05) is 7.11 Å². The van der Waals surface area contributed by atoms with E-state index in [1.54, 1.807) is 13.8 Å². The summed E-state index contributed by atoms with van der Waals surface area (Å²) in [5.74, 6) is -0.529.